The van der Waals surface area contributed by atoms with Crippen LogP contribution in [0.3, 0.4) is 0 Å². The van der Waals surface area contributed by atoms with E-state index in [-0.39, 0.29) is 0 Å². The summed E-state index contributed by atoms with van der Waals surface area (Å²) in [6, 6.07) is 20.2. The van der Waals surface area contributed by atoms with Crippen molar-refractivity contribution in [2.24, 2.45) is 5.10 Å². The van der Waals surface area contributed by atoms with Crippen LogP contribution in [0.5, 0.6) is 11.5 Å². The molecular weight excluding hydrogens is 442 g/mol. The van der Waals surface area contributed by atoms with Crippen molar-refractivity contribution >= 4 is 35.3 Å². The number of hydrogen-bond donors (Lipinski definition) is 2. The number of anilines is 1. The Kier molecular flexibility index (Phi) is 8.43. The maximum Gasteiger partial charge on any atom is 0.329 e. The van der Waals surface area contributed by atoms with Crippen LogP contribution in [-0.4, -0.2) is 24.6 Å². The van der Waals surface area contributed by atoms with E-state index in [1.54, 1.807) is 24.3 Å². The minimum atomic E-state index is -0.895. The largest absolute Gasteiger partial charge is 0.490 e. The van der Waals surface area contributed by atoms with E-state index in [1.807, 2.05) is 56.3 Å². The number of carbonyl (C=O) groups is 2. The molecule has 7 nitrogen and oxygen atoms in total. The van der Waals surface area contributed by atoms with Gasteiger partial charge in [-0.2, -0.15) is 5.10 Å². The number of ether oxygens (including phenoxy) is 2. The monoisotopic (exact) mass is 465 g/mol. The van der Waals surface area contributed by atoms with Gasteiger partial charge in [-0.3, -0.25) is 9.59 Å². The van der Waals surface area contributed by atoms with Gasteiger partial charge in [0.1, 0.15) is 6.61 Å². The van der Waals surface area contributed by atoms with Crippen molar-refractivity contribution in [3.8, 4) is 11.5 Å². The Morgan fingerprint density at radius 2 is 1.73 bits per heavy atom. The number of nitrogens with one attached hydrogen (secondary N) is 2. The van der Waals surface area contributed by atoms with Crippen LogP contribution in [0.15, 0.2) is 71.8 Å². The van der Waals surface area contributed by atoms with Crippen LogP contribution in [0.2, 0.25) is 5.02 Å². The minimum Gasteiger partial charge on any atom is -0.490 e. The van der Waals surface area contributed by atoms with Gasteiger partial charge in [-0.1, -0.05) is 60.1 Å². The van der Waals surface area contributed by atoms with Crippen molar-refractivity contribution in [2.75, 3.05) is 11.9 Å². The minimum absolute atomic E-state index is 0.333. The lowest BCUT2D eigenvalue weighted by Gasteiger charge is -2.14. The van der Waals surface area contributed by atoms with Crippen molar-refractivity contribution in [3.63, 3.8) is 0 Å². The van der Waals surface area contributed by atoms with Crippen LogP contribution >= 0.6 is 11.6 Å². The van der Waals surface area contributed by atoms with Gasteiger partial charge in [0.2, 0.25) is 0 Å². The SMILES string of the molecule is CCOc1cc(/C=N\NC(=O)C(=O)Nc2ccccc2C)cc(Cl)c1OCc1ccccc1. The predicted octanol–water partition coefficient (Wildman–Crippen LogP) is 4.71. The smallest absolute Gasteiger partial charge is 0.329 e. The standard InChI is InChI=1S/C25H24ClN3O4/c1-3-32-22-14-19(13-20(26)23(22)33-16-18-10-5-4-6-11-18)15-27-29-25(31)24(30)28-21-12-8-7-9-17(21)2/h4-15H,3,16H2,1-2H3,(H,28,30)(H,29,31)/b27-15-. The van der Waals surface area contributed by atoms with Crippen LogP contribution in [0, 0.1) is 6.92 Å². The molecule has 170 valence electrons. The van der Waals surface area contributed by atoms with Gasteiger partial charge in [0.25, 0.3) is 0 Å². The predicted molar refractivity (Wildman–Crippen MR) is 129 cm³/mol. The second-order valence-corrected chi connectivity index (χ2v) is 7.41. The Morgan fingerprint density at radius 1 is 1.00 bits per heavy atom. The zero-order valence-electron chi connectivity index (χ0n) is 18.3. The lowest BCUT2D eigenvalue weighted by molar-refractivity contribution is -0.136. The van der Waals surface area contributed by atoms with Crippen LogP contribution in [0.25, 0.3) is 0 Å². The molecule has 0 aliphatic carbocycles. The van der Waals surface area contributed by atoms with E-state index in [4.69, 9.17) is 21.1 Å². The first-order chi connectivity index (χ1) is 16.0. The summed E-state index contributed by atoms with van der Waals surface area (Å²) >= 11 is 6.42. The van der Waals surface area contributed by atoms with Gasteiger partial charge in [0.15, 0.2) is 11.5 Å². The number of nitrogens with zero attached hydrogens (tertiary/aromatic N) is 1. The quantitative estimate of drug-likeness (QED) is 0.286. The molecule has 2 amide bonds. The van der Waals surface area contributed by atoms with Crippen molar-refractivity contribution in [1.29, 1.82) is 0 Å². The van der Waals surface area contributed by atoms with Crippen molar-refractivity contribution in [1.82, 2.24) is 5.43 Å². The number of benzene rings is 3. The van der Waals surface area contributed by atoms with Gasteiger partial charge in [0, 0.05) is 5.69 Å². The fraction of sp³-hybridized carbons (Fsp3) is 0.160. The number of hydrogen-bond acceptors (Lipinski definition) is 5. The number of rotatable bonds is 8. The Hall–Kier alpha value is -3.84. The highest BCUT2D eigenvalue weighted by molar-refractivity contribution is 6.39. The molecule has 33 heavy (non-hydrogen) atoms. The van der Waals surface area contributed by atoms with E-state index in [0.717, 1.165) is 11.1 Å². The van der Waals surface area contributed by atoms with Gasteiger partial charge in [-0.05, 0) is 48.7 Å². The summed E-state index contributed by atoms with van der Waals surface area (Å²) in [5.41, 5.74) is 5.16. The van der Waals surface area contributed by atoms with E-state index in [1.165, 1.54) is 6.21 Å². The van der Waals surface area contributed by atoms with Gasteiger partial charge in [-0.15, -0.1) is 0 Å². The van der Waals surface area contributed by atoms with Crippen LogP contribution in [0.1, 0.15) is 23.6 Å². The lowest BCUT2D eigenvalue weighted by atomic mass is 10.2. The molecule has 0 atom stereocenters. The second-order valence-electron chi connectivity index (χ2n) is 7.01. The number of aryl methyl sites for hydroxylation is 1. The number of carbonyl (C=O) groups excluding carboxylic acids is 2. The Labute approximate surface area is 197 Å². The molecule has 0 aliphatic rings. The van der Waals surface area contributed by atoms with Crippen LogP contribution < -0.4 is 20.2 Å². The molecule has 0 heterocycles. The number of amides is 2. The molecule has 0 bridgehead atoms. The topological polar surface area (TPSA) is 89.0 Å². The zero-order chi connectivity index (χ0) is 23.6. The van der Waals surface area contributed by atoms with Gasteiger partial charge >= 0.3 is 11.8 Å². The van der Waals surface area contributed by atoms with E-state index in [2.05, 4.69) is 15.8 Å². The highest BCUT2D eigenvalue weighted by Crippen LogP contribution is 2.37. The first kappa shape index (κ1) is 23.8. The molecule has 8 heteroatoms. The van der Waals surface area contributed by atoms with E-state index < -0.39 is 11.8 Å². The molecule has 0 saturated heterocycles. The lowest BCUT2D eigenvalue weighted by Crippen LogP contribution is -2.32. The summed E-state index contributed by atoms with van der Waals surface area (Å²) in [6.45, 7) is 4.43. The van der Waals surface area contributed by atoms with E-state index in [9.17, 15) is 9.59 Å². The van der Waals surface area contributed by atoms with Crippen molar-refractivity contribution < 1.29 is 19.1 Å². The van der Waals surface area contributed by atoms with Gasteiger partial charge in [0.05, 0.1) is 17.8 Å². The molecule has 0 fully saturated rings. The molecule has 0 saturated carbocycles. The van der Waals surface area contributed by atoms with Crippen LogP contribution in [-0.2, 0) is 16.2 Å². The maximum atomic E-state index is 12.1. The Bertz CT molecular complexity index is 1150. The molecule has 0 aromatic heterocycles. The molecule has 3 rings (SSSR count). The van der Waals surface area contributed by atoms with E-state index >= 15 is 0 Å². The first-order valence-electron chi connectivity index (χ1n) is 10.3. The normalized spacial score (nSPS) is 10.6. The fourth-order valence-corrected chi connectivity index (χ4v) is 3.18. The number of halogens is 1. The Morgan fingerprint density at radius 3 is 2.45 bits per heavy atom. The number of para-hydroxylation sites is 1. The average molecular weight is 466 g/mol. The number of hydrazone groups is 1. The highest BCUT2D eigenvalue weighted by atomic mass is 35.5. The summed E-state index contributed by atoms with van der Waals surface area (Å²) in [4.78, 5) is 24.1. The average Bonchev–Trinajstić information content (AvgIpc) is 2.81. The fourth-order valence-electron chi connectivity index (χ4n) is 2.90. The third kappa shape index (κ3) is 6.82. The third-order valence-electron chi connectivity index (χ3n) is 4.54. The van der Waals surface area contributed by atoms with E-state index in [0.29, 0.717) is 41.0 Å². The van der Waals surface area contributed by atoms with Crippen molar-refractivity contribution in [3.05, 3.63) is 88.4 Å². The van der Waals surface area contributed by atoms with Crippen LogP contribution in [0.4, 0.5) is 5.69 Å². The molecular formula is C25H24ClN3O4. The summed E-state index contributed by atoms with van der Waals surface area (Å²) in [5.74, 6) is -0.847. The summed E-state index contributed by atoms with van der Waals surface area (Å²) in [5, 5.41) is 6.73. The molecule has 3 aromatic rings. The summed E-state index contributed by atoms with van der Waals surface area (Å²) in [7, 11) is 0. The Balaban J connectivity index is 1.65. The maximum absolute atomic E-state index is 12.1. The van der Waals surface area contributed by atoms with Crippen molar-refractivity contribution in [2.45, 2.75) is 20.5 Å². The summed E-state index contributed by atoms with van der Waals surface area (Å²) < 4.78 is 11.5. The molecule has 0 unspecified atom stereocenters. The zero-order valence-corrected chi connectivity index (χ0v) is 19.1. The third-order valence-corrected chi connectivity index (χ3v) is 4.82. The first-order valence-corrected chi connectivity index (χ1v) is 10.7. The van der Waals surface area contributed by atoms with Gasteiger partial charge < -0.3 is 14.8 Å². The molecule has 2 N–H and O–H groups in total. The molecule has 0 spiro atoms. The second kappa shape index (κ2) is 11.7. The molecule has 3 aromatic carbocycles. The molecule has 0 radical (unpaired) electrons. The van der Waals surface area contributed by atoms with Gasteiger partial charge in [-0.25, -0.2) is 5.43 Å². The summed E-state index contributed by atoms with van der Waals surface area (Å²) in [6.07, 6.45) is 1.37. The highest BCUT2D eigenvalue weighted by Gasteiger charge is 2.15. The molecule has 0 aliphatic heterocycles.